The molecule has 3 saturated heterocycles. The summed E-state index contributed by atoms with van der Waals surface area (Å²) in [6.07, 6.45) is 13.1. The van der Waals surface area contributed by atoms with Crippen molar-refractivity contribution in [2.75, 3.05) is 19.6 Å². The van der Waals surface area contributed by atoms with E-state index in [1.807, 2.05) is 0 Å². The molecule has 2 heteroatoms. The topological polar surface area (TPSA) is 15.3 Å². The monoisotopic (exact) mass is 236 g/mol. The minimum atomic E-state index is 0.878. The van der Waals surface area contributed by atoms with Gasteiger partial charge in [-0.2, -0.15) is 0 Å². The lowest BCUT2D eigenvalue weighted by Crippen LogP contribution is -2.39. The van der Waals surface area contributed by atoms with E-state index in [-0.39, 0.29) is 0 Å². The van der Waals surface area contributed by atoms with E-state index < -0.39 is 0 Å². The van der Waals surface area contributed by atoms with Crippen LogP contribution in [0.25, 0.3) is 0 Å². The van der Waals surface area contributed by atoms with E-state index in [0.29, 0.717) is 0 Å². The Kier molecular flexibility index (Phi) is 4.02. The summed E-state index contributed by atoms with van der Waals surface area (Å²) < 4.78 is 0. The van der Waals surface area contributed by atoms with Crippen molar-refractivity contribution in [1.29, 1.82) is 0 Å². The molecule has 3 aliphatic heterocycles. The Morgan fingerprint density at radius 3 is 2.18 bits per heavy atom. The molecule has 2 unspecified atom stereocenters. The van der Waals surface area contributed by atoms with Gasteiger partial charge in [0.15, 0.2) is 0 Å². The highest BCUT2D eigenvalue weighted by Crippen LogP contribution is 2.32. The van der Waals surface area contributed by atoms with Crippen LogP contribution in [0.15, 0.2) is 0 Å². The molecule has 0 aromatic carbocycles. The first-order valence-electron chi connectivity index (χ1n) is 7.88. The highest BCUT2D eigenvalue weighted by atomic mass is 15.1. The molecule has 3 fully saturated rings. The second-order valence-corrected chi connectivity index (χ2v) is 6.52. The fourth-order valence-electron chi connectivity index (χ4n) is 4.14. The lowest BCUT2D eigenvalue weighted by Gasteiger charge is -2.31. The first-order valence-corrected chi connectivity index (χ1v) is 7.88. The van der Waals surface area contributed by atoms with Gasteiger partial charge < -0.3 is 10.2 Å². The summed E-state index contributed by atoms with van der Waals surface area (Å²) in [6, 6.07) is 1.76. The van der Waals surface area contributed by atoms with Crippen LogP contribution in [-0.2, 0) is 0 Å². The van der Waals surface area contributed by atoms with E-state index in [4.69, 9.17) is 0 Å². The summed E-state index contributed by atoms with van der Waals surface area (Å²) in [4.78, 5) is 2.73. The Morgan fingerprint density at radius 1 is 0.882 bits per heavy atom. The van der Waals surface area contributed by atoms with E-state index in [2.05, 4.69) is 10.2 Å². The number of nitrogens with one attached hydrogen (secondary N) is 1. The minimum absolute atomic E-state index is 0.878. The minimum Gasteiger partial charge on any atom is -0.311 e. The average molecular weight is 236 g/mol. The maximum absolute atomic E-state index is 3.75. The first-order chi connectivity index (χ1) is 8.40. The lowest BCUT2D eigenvalue weighted by molar-refractivity contribution is 0.223. The number of hydrogen-bond acceptors (Lipinski definition) is 2. The summed E-state index contributed by atoms with van der Waals surface area (Å²) in [6.45, 7) is 4.12. The molecule has 3 aliphatic rings. The summed E-state index contributed by atoms with van der Waals surface area (Å²) in [5, 5.41) is 3.75. The van der Waals surface area contributed by atoms with Gasteiger partial charge in [-0.15, -0.1) is 0 Å². The van der Waals surface area contributed by atoms with E-state index in [1.165, 1.54) is 77.4 Å². The van der Waals surface area contributed by atoms with Crippen molar-refractivity contribution in [2.45, 2.75) is 69.9 Å². The average Bonchev–Trinajstić information content (AvgIpc) is 2.59. The lowest BCUT2D eigenvalue weighted by atomic mass is 9.89. The first kappa shape index (κ1) is 12.0. The molecule has 0 aliphatic carbocycles. The van der Waals surface area contributed by atoms with Crippen LogP contribution in [0.4, 0.5) is 0 Å². The zero-order valence-corrected chi connectivity index (χ0v) is 11.2. The molecule has 0 aromatic heterocycles. The van der Waals surface area contributed by atoms with Gasteiger partial charge in [0.2, 0.25) is 0 Å². The third-order valence-corrected chi connectivity index (χ3v) is 5.12. The van der Waals surface area contributed by atoms with Gasteiger partial charge in [-0.1, -0.05) is 12.8 Å². The predicted octanol–water partition coefficient (Wildman–Crippen LogP) is 2.78. The van der Waals surface area contributed by atoms with Crippen molar-refractivity contribution in [2.24, 2.45) is 5.92 Å². The SMILES string of the molecule is C1CCCN(CCC2CC3CCC(C2)N3)CC1. The molecule has 1 N–H and O–H groups in total. The smallest absolute Gasteiger partial charge is 0.00728 e. The molecule has 0 radical (unpaired) electrons. The molecule has 0 spiro atoms. The Bertz CT molecular complexity index is 221. The van der Waals surface area contributed by atoms with Crippen LogP contribution in [0.2, 0.25) is 0 Å². The summed E-state index contributed by atoms with van der Waals surface area (Å²) in [5.41, 5.74) is 0. The third-order valence-electron chi connectivity index (χ3n) is 5.12. The standard InChI is InChI=1S/C15H28N2/c1-2-4-9-17(8-3-1)10-7-13-11-14-5-6-15(12-13)16-14/h13-16H,1-12H2. The molecular formula is C15H28N2. The molecule has 2 bridgehead atoms. The van der Waals surface area contributed by atoms with Gasteiger partial charge in [-0.3, -0.25) is 0 Å². The second kappa shape index (κ2) is 5.71. The molecule has 0 amide bonds. The van der Waals surface area contributed by atoms with Crippen molar-refractivity contribution in [1.82, 2.24) is 10.2 Å². The Labute approximate surface area is 106 Å². The fraction of sp³-hybridized carbons (Fsp3) is 1.00. The van der Waals surface area contributed by atoms with Crippen LogP contribution in [0, 0.1) is 5.92 Å². The van der Waals surface area contributed by atoms with Crippen LogP contribution in [-0.4, -0.2) is 36.6 Å². The van der Waals surface area contributed by atoms with Crippen LogP contribution in [0.5, 0.6) is 0 Å². The van der Waals surface area contributed by atoms with E-state index in [9.17, 15) is 0 Å². The zero-order chi connectivity index (χ0) is 11.5. The molecule has 3 heterocycles. The zero-order valence-electron chi connectivity index (χ0n) is 11.2. The van der Waals surface area contributed by atoms with Crippen LogP contribution in [0.1, 0.15) is 57.8 Å². The fourth-order valence-corrected chi connectivity index (χ4v) is 4.14. The maximum Gasteiger partial charge on any atom is 0.00728 e. The second-order valence-electron chi connectivity index (χ2n) is 6.52. The number of likely N-dealkylation sites (tertiary alicyclic amines) is 1. The summed E-state index contributed by atoms with van der Waals surface area (Å²) in [7, 11) is 0. The van der Waals surface area contributed by atoms with Gasteiger partial charge in [-0.25, -0.2) is 0 Å². The number of rotatable bonds is 3. The Morgan fingerprint density at radius 2 is 1.53 bits per heavy atom. The van der Waals surface area contributed by atoms with Gasteiger partial charge in [0, 0.05) is 12.1 Å². The molecule has 2 nitrogen and oxygen atoms in total. The molecule has 17 heavy (non-hydrogen) atoms. The molecule has 2 atom stereocenters. The molecule has 3 rings (SSSR count). The molecule has 0 saturated carbocycles. The highest BCUT2D eigenvalue weighted by molar-refractivity contribution is 4.92. The number of hydrogen-bond donors (Lipinski definition) is 1. The van der Waals surface area contributed by atoms with Crippen LogP contribution in [0.3, 0.4) is 0 Å². The Balaban J connectivity index is 1.41. The van der Waals surface area contributed by atoms with Gasteiger partial charge >= 0.3 is 0 Å². The molecule has 98 valence electrons. The summed E-state index contributed by atoms with van der Waals surface area (Å²) >= 11 is 0. The van der Waals surface area contributed by atoms with Gasteiger partial charge in [0.05, 0.1) is 0 Å². The molecular weight excluding hydrogens is 208 g/mol. The number of nitrogens with zero attached hydrogens (tertiary/aromatic N) is 1. The van der Waals surface area contributed by atoms with Crippen molar-refractivity contribution in [3.8, 4) is 0 Å². The Hall–Kier alpha value is -0.0800. The van der Waals surface area contributed by atoms with Crippen molar-refractivity contribution in [3.05, 3.63) is 0 Å². The maximum atomic E-state index is 3.75. The van der Waals surface area contributed by atoms with Crippen LogP contribution >= 0.6 is 0 Å². The van der Waals surface area contributed by atoms with E-state index in [1.54, 1.807) is 0 Å². The van der Waals surface area contributed by atoms with E-state index >= 15 is 0 Å². The van der Waals surface area contributed by atoms with Gasteiger partial charge in [-0.05, 0) is 70.5 Å². The van der Waals surface area contributed by atoms with Gasteiger partial charge in [0.25, 0.3) is 0 Å². The quantitative estimate of drug-likeness (QED) is 0.810. The van der Waals surface area contributed by atoms with Gasteiger partial charge in [0.1, 0.15) is 0 Å². The van der Waals surface area contributed by atoms with E-state index in [0.717, 1.165) is 18.0 Å². The highest BCUT2D eigenvalue weighted by Gasteiger charge is 2.33. The normalized spacial score (nSPS) is 39.2. The number of piperidine rings is 1. The summed E-state index contributed by atoms with van der Waals surface area (Å²) in [5.74, 6) is 1.03. The third kappa shape index (κ3) is 3.23. The molecule has 0 aromatic rings. The van der Waals surface area contributed by atoms with Crippen molar-refractivity contribution < 1.29 is 0 Å². The van der Waals surface area contributed by atoms with Crippen molar-refractivity contribution >= 4 is 0 Å². The van der Waals surface area contributed by atoms with Crippen LogP contribution < -0.4 is 5.32 Å². The largest absolute Gasteiger partial charge is 0.311 e. The number of fused-ring (bicyclic) bond motifs is 2. The van der Waals surface area contributed by atoms with Crippen molar-refractivity contribution in [3.63, 3.8) is 0 Å². The predicted molar refractivity (Wildman–Crippen MR) is 72.2 cm³/mol.